The van der Waals surface area contributed by atoms with E-state index in [4.69, 9.17) is 13.0 Å². The Kier molecular flexibility index (Phi) is 6.27. The Labute approximate surface area is 93.0 Å². The number of halogens is 3. The van der Waals surface area contributed by atoms with Crippen LogP contribution < -0.4 is 5.32 Å². The first-order valence-electron chi connectivity index (χ1n) is 4.93. The average Bonchev–Trinajstić information content (AvgIpc) is 2.17. The van der Waals surface area contributed by atoms with Gasteiger partial charge in [-0.15, -0.1) is 0 Å². The van der Waals surface area contributed by atoms with Crippen LogP contribution in [0.15, 0.2) is 0 Å². The van der Waals surface area contributed by atoms with Gasteiger partial charge in [0.1, 0.15) is 0 Å². The van der Waals surface area contributed by atoms with Crippen LogP contribution in [0.5, 0.6) is 0 Å². The molecule has 0 bridgehead atoms. The zero-order chi connectivity index (χ0) is 12.8. The summed E-state index contributed by atoms with van der Waals surface area (Å²) >= 11 is 0. The summed E-state index contributed by atoms with van der Waals surface area (Å²) in [6.45, 7) is 4.78. The van der Waals surface area contributed by atoms with E-state index in [0.29, 0.717) is 0 Å². The highest BCUT2D eigenvalue weighted by Gasteiger charge is 2.44. The maximum absolute atomic E-state index is 10.7. The second-order valence-electron chi connectivity index (χ2n) is 3.54. The van der Waals surface area contributed by atoms with Crippen molar-refractivity contribution in [2.24, 2.45) is 5.92 Å². The Morgan fingerprint density at radius 1 is 1.44 bits per heavy atom. The minimum absolute atomic E-state index is 0.976. The zero-order valence-electron chi connectivity index (χ0n) is 8.92. The van der Waals surface area contributed by atoms with Crippen molar-refractivity contribution >= 4 is 10.1 Å². The van der Waals surface area contributed by atoms with Gasteiger partial charge in [-0.05, 0) is 31.8 Å². The topological polar surface area (TPSA) is 66.4 Å². The van der Waals surface area contributed by atoms with Crippen LogP contribution in [0.1, 0.15) is 26.2 Å². The first kappa shape index (κ1) is 15.7. The van der Waals surface area contributed by atoms with Gasteiger partial charge in [0.15, 0.2) is 0 Å². The van der Waals surface area contributed by atoms with Crippen LogP contribution in [-0.4, -0.2) is 31.6 Å². The second kappa shape index (κ2) is 6.41. The fraction of sp³-hybridized carbons (Fsp3) is 1.00. The van der Waals surface area contributed by atoms with Crippen molar-refractivity contribution in [2.75, 3.05) is 13.1 Å². The van der Waals surface area contributed by atoms with Crippen LogP contribution in [0.4, 0.5) is 13.2 Å². The maximum Gasteiger partial charge on any atom is 0.522 e. The number of rotatable bonds is 1. The highest BCUT2D eigenvalue weighted by atomic mass is 32.2. The molecule has 1 saturated heterocycles. The van der Waals surface area contributed by atoms with Crippen molar-refractivity contribution in [3.05, 3.63) is 0 Å². The van der Waals surface area contributed by atoms with Crippen LogP contribution in [0.3, 0.4) is 0 Å². The molecule has 0 aliphatic carbocycles. The summed E-state index contributed by atoms with van der Waals surface area (Å²) in [6.07, 6.45) is 4.19. The van der Waals surface area contributed by atoms with E-state index in [2.05, 4.69) is 12.2 Å². The van der Waals surface area contributed by atoms with Crippen LogP contribution in [-0.2, 0) is 10.1 Å². The summed E-state index contributed by atoms with van der Waals surface area (Å²) in [6, 6.07) is 0. The number of piperidine rings is 1. The molecule has 1 fully saturated rings. The quantitative estimate of drug-likeness (QED) is 0.559. The Hall–Kier alpha value is -0.340. The standard InChI is InChI=1S/C7H15N.CHF3O3S/c1-2-7-4-3-5-8-6-7;2-1(3,4)8(5,6)7/h7-8H,2-6H2,1H3;(H,5,6,7). The molecule has 0 aromatic rings. The number of alkyl halides is 3. The molecule has 1 heterocycles. The first-order valence-corrected chi connectivity index (χ1v) is 6.37. The van der Waals surface area contributed by atoms with E-state index in [-0.39, 0.29) is 0 Å². The number of nitrogens with one attached hydrogen (secondary N) is 1. The Bertz CT molecular complexity index is 283. The van der Waals surface area contributed by atoms with Gasteiger partial charge in [0.05, 0.1) is 0 Å². The third-order valence-corrected chi connectivity index (χ3v) is 2.85. The smallest absolute Gasteiger partial charge is 0.316 e. The van der Waals surface area contributed by atoms with Gasteiger partial charge in [0.25, 0.3) is 0 Å². The van der Waals surface area contributed by atoms with Gasteiger partial charge in [-0.2, -0.15) is 21.6 Å². The number of hydrogen-bond acceptors (Lipinski definition) is 3. The van der Waals surface area contributed by atoms with Crippen LogP contribution in [0.25, 0.3) is 0 Å². The summed E-state index contributed by atoms with van der Waals surface area (Å²) in [7, 11) is -5.84. The van der Waals surface area contributed by atoms with E-state index in [0.717, 1.165) is 5.92 Å². The van der Waals surface area contributed by atoms with Crippen molar-refractivity contribution < 1.29 is 26.1 Å². The molecule has 0 aromatic carbocycles. The van der Waals surface area contributed by atoms with E-state index < -0.39 is 15.6 Å². The Morgan fingerprint density at radius 3 is 2.12 bits per heavy atom. The average molecular weight is 263 g/mol. The highest BCUT2D eigenvalue weighted by molar-refractivity contribution is 7.86. The summed E-state index contributed by atoms with van der Waals surface area (Å²) in [5.41, 5.74) is -5.53. The van der Waals surface area contributed by atoms with E-state index >= 15 is 0 Å². The van der Waals surface area contributed by atoms with Gasteiger partial charge in [-0.25, -0.2) is 0 Å². The molecule has 1 aliphatic heterocycles. The van der Waals surface area contributed by atoms with Gasteiger partial charge in [-0.1, -0.05) is 13.3 Å². The van der Waals surface area contributed by atoms with Crippen molar-refractivity contribution in [3.8, 4) is 0 Å². The lowest BCUT2D eigenvalue weighted by molar-refractivity contribution is -0.0510. The monoisotopic (exact) mass is 263 g/mol. The van der Waals surface area contributed by atoms with E-state index in [1.165, 1.54) is 32.4 Å². The lowest BCUT2D eigenvalue weighted by Crippen LogP contribution is -2.29. The normalized spacial score (nSPS) is 22.2. The predicted octanol–water partition coefficient (Wildman–Crippen LogP) is 1.79. The zero-order valence-corrected chi connectivity index (χ0v) is 9.74. The van der Waals surface area contributed by atoms with E-state index in [1.54, 1.807) is 0 Å². The van der Waals surface area contributed by atoms with Crippen molar-refractivity contribution in [1.29, 1.82) is 0 Å². The predicted molar refractivity (Wildman–Crippen MR) is 53.5 cm³/mol. The molecule has 1 unspecified atom stereocenters. The van der Waals surface area contributed by atoms with Gasteiger partial charge in [0.2, 0.25) is 0 Å². The molecule has 2 N–H and O–H groups in total. The maximum atomic E-state index is 10.7. The molecule has 0 radical (unpaired) electrons. The Morgan fingerprint density at radius 2 is 1.94 bits per heavy atom. The molecule has 0 spiro atoms. The molecular weight excluding hydrogens is 247 g/mol. The molecule has 0 saturated carbocycles. The molecule has 0 amide bonds. The van der Waals surface area contributed by atoms with Crippen LogP contribution in [0.2, 0.25) is 0 Å². The fourth-order valence-electron chi connectivity index (χ4n) is 1.27. The number of hydrogen-bond donors (Lipinski definition) is 2. The van der Waals surface area contributed by atoms with Gasteiger partial charge >= 0.3 is 15.6 Å². The van der Waals surface area contributed by atoms with Gasteiger partial charge in [0, 0.05) is 0 Å². The largest absolute Gasteiger partial charge is 0.522 e. The second-order valence-corrected chi connectivity index (χ2v) is 4.95. The molecule has 1 aliphatic rings. The van der Waals surface area contributed by atoms with E-state index in [1.807, 2.05) is 0 Å². The third kappa shape index (κ3) is 6.29. The lowest BCUT2D eigenvalue weighted by atomic mass is 9.97. The highest BCUT2D eigenvalue weighted by Crippen LogP contribution is 2.20. The summed E-state index contributed by atoms with van der Waals surface area (Å²) in [5, 5.41) is 3.39. The molecule has 16 heavy (non-hydrogen) atoms. The SMILES string of the molecule is CCC1CCCNC1.O=S(=O)(O)C(F)(F)F. The summed E-state index contributed by atoms with van der Waals surface area (Å²) in [5.74, 6) is 0.976. The summed E-state index contributed by atoms with van der Waals surface area (Å²) < 4.78 is 57.5. The molecular formula is C8H16F3NO3S. The first-order chi connectivity index (χ1) is 7.18. The molecule has 1 atom stereocenters. The molecule has 8 heteroatoms. The molecule has 4 nitrogen and oxygen atoms in total. The molecule has 0 aromatic heterocycles. The van der Waals surface area contributed by atoms with Crippen molar-refractivity contribution in [1.82, 2.24) is 5.32 Å². The minimum Gasteiger partial charge on any atom is -0.316 e. The van der Waals surface area contributed by atoms with Crippen molar-refractivity contribution in [2.45, 2.75) is 31.7 Å². The third-order valence-electron chi connectivity index (χ3n) is 2.27. The summed E-state index contributed by atoms with van der Waals surface area (Å²) in [4.78, 5) is 0. The molecule has 98 valence electrons. The Balaban J connectivity index is 0.000000281. The lowest BCUT2D eigenvalue weighted by Gasteiger charge is -2.20. The molecule has 1 rings (SSSR count). The van der Waals surface area contributed by atoms with Crippen molar-refractivity contribution in [3.63, 3.8) is 0 Å². The fourth-order valence-corrected chi connectivity index (χ4v) is 1.27. The van der Waals surface area contributed by atoms with Crippen LogP contribution >= 0.6 is 0 Å². The van der Waals surface area contributed by atoms with Crippen LogP contribution in [0, 0.1) is 5.92 Å². The van der Waals surface area contributed by atoms with Gasteiger partial charge < -0.3 is 5.32 Å². The minimum atomic E-state index is -5.84. The van der Waals surface area contributed by atoms with E-state index in [9.17, 15) is 13.2 Å². The van der Waals surface area contributed by atoms with Gasteiger partial charge in [-0.3, -0.25) is 4.55 Å².